The molecule has 0 radical (unpaired) electrons. The summed E-state index contributed by atoms with van der Waals surface area (Å²) in [5.74, 6) is -0.0358. The van der Waals surface area contributed by atoms with Crippen LogP contribution in [0.4, 0.5) is 9.59 Å². The Morgan fingerprint density at radius 2 is 1.68 bits per heavy atom. The Morgan fingerprint density at radius 3 is 2.21 bits per heavy atom. The number of ether oxygens (including phenoxy) is 2. The van der Waals surface area contributed by atoms with Crippen LogP contribution >= 0.6 is 0 Å². The molecule has 0 aliphatic carbocycles. The van der Waals surface area contributed by atoms with Crippen molar-refractivity contribution in [2.75, 3.05) is 20.8 Å². The Morgan fingerprint density at radius 1 is 1.05 bits per heavy atom. The Kier molecular flexibility index (Phi) is 9.20. The van der Waals surface area contributed by atoms with Gasteiger partial charge in [0.2, 0.25) is 0 Å². The second kappa shape index (κ2) is 10.2. The summed E-state index contributed by atoms with van der Waals surface area (Å²) in [6.45, 7) is 2.21. The molecule has 0 bridgehead atoms. The third-order valence-corrected chi connectivity index (χ3v) is 2.59. The molecule has 0 aromatic rings. The van der Waals surface area contributed by atoms with Crippen LogP contribution in [0.5, 0.6) is 0 Å². The fraction of sp³-hybridized carbons (Fsp3) is 0.750. The molecule has 0 fully saturated rings. The van der Waals surface area contributed by atoms with E-state index in [1.54, 1.807) is 6.92 Å². The number of ketones is 1. The SMILES string of the molecule is CCC(=O)C(CCCCNC(=O)OC)NC(=O)OC. The van der Waals surface area contributed by atoms with E-state index in [2.05, 4.69) is 20.1 Å². The second-order valence-electron chi connectivity index (χ2n) is 3.92. The number of carbonyl (C=O) groups excluding carboxylic acids is 3. The van der Waals surface area contributed by atoms with Gasteiger partial charge in [-0.05, 0) is 19.3 Å². The molecule has 0 aliphatic rings. The molecular formula is C12H22N2O5. The predicted molar refractivity (Wildman–Crippen MR) is 68.9 cm³/mol. The monoisotopic (exact) mass is 274 g/mol. The van der Waals surface area contributed by atoms with Crippen LogP contribution in [0.1, 0.15) is 32.6 Å². The number of rotatable bonds is 8. The Labute approximate surface area is 113 Å². The molecule has 1 unspecified atom stereocenters. The van der Waals surface area contributed by atoms with E-state index in [1.807, 2.05) is 0 Å². The molecular weight excluding hydrogens is 252 g/mol. The number of hydrogen-bond acceptors (Lipinski definition) is 5. The van der Waals surface area contributed by atoms with Gasteiger partial charge in [0, 0.05) is 13.0 Å². The van der Waals surface area contributed by atoms with E-state index in [4.69, 9.17) is 0 Å². The van der Waals surface area contributed by atoms with Gasteiger partial charge < -0.3 is 20.1 Å². The van der Waals surface area contributed by atoms with Crippen molar-refractivity contribution in [3.63, 3.8) is 0 Å². The van der Waals surface area contributed by atoms with Gasteiger partial charge in [-0.3, -0.25) is 4.79 Å². The van der Waals surface area contributed by atoms with Gasteiger partial charge in [0.15, 0.2) is 5.78 Å². The van der Waals surface area contributed by atoms with E-state index in [9.17, 15) is 14.4 Å². The van der Waals surface area contributed by atoms with Crippen molar-refractivity contribution in [2.24, 2.45) is 0 Å². The van der Waals surface area contributed by atoms with E-state index < -0.39 is 18.2 Å². The number of hydrogen-bond donors (Lipinski definition) is 2. The fourth-order valence-corrected chi connectivity index (χ4v) is 1.50. The molecule has 0 aliphatic heterocycles. The average molecular weight is 274 g/mol. The molecule has 7 heteroatoms. The van der Waals surface area contributed by atoms with Gasteiger partial charge in [-0.2, -0.15) is 0 Å². The van der Waals surface area contributed by atoms with Gasteiger partial charge in [0.1, 0.15) is 0 Å². The van der Waals surface area contributed by atoms with Gasteiger partial charge in [0.05, 0.1) is 20.3 Å². The summed E-state index contributed by atoms with van der Waals surface area (Å²) in [5, 5.41) is 5.05. The van der Waals surface area contributed by atoms with Crippen LogP contribution in [0.2, 0.25) is 0 Å². The first kappa shape index (κ1) is 17.2. The smallest absolute Gasteiger partial charge is 0.407 e. The first-order chi connectivity index (χ1) is 9.04. The van der Waals surface area contributed by atoms with Crippen LogP contribution in [0.25, 0.3) is 0 Å². The van der Waals surface area contributed by atoms with Gasteiger partial charge in [-0.1, -0.05) is 6.92 Å². The maximum atomic E-state index is 11.6. The highest BCUT2D eigenvalue weighted by atomic mass is 16.5. The molecule has 0 saturated heterocycles. The normalized spacial score (nSPS) is 11.3. The lowest BCUT2D eigenvalue weighted by molar-refractivity contribution is -0.120. The molecule has 0 rings (SSSR count). The number of methoxy groups -OCH3 is 2. The first-order valence-corrected chi connectivity index (χ1v) is 6.24. The predicted octanol–water partition coefficient (Wildman–Crippen LogP) is 1.22. The summed E-state index contributed by atoms with van der Waals surface area (Å²) in [6.07, 6.45) is 1.18. The molecule has 0 saturated carbocycles. The van der Waals surface area contributed by atoms with Crippen molar-refractivity contribution in [1.82, 2.24) is 10.6 Å². The first-order valence-electron chi connectivity index (χ1n) is 6.24. The van der Waals surface area contributed by atoms with Gasteiger partial charge >= 0.3 is 12.2 Å². The highest BCUT2D eigenvalue weighted by Crippen LogP contribution is 2.04. The number of carbonyl (C=O) groups is 3. The average Bonchev–Trinajstić information content (AvgIpc) is 2.43. The summed E-state index contributed by atoms with van der Waals surface area (Å²) in [6, 6.07) is -0.532. The molecule has 0 heterocycles. The molecule has 0 spiro atoms. The minimum Gasteiger partial charge on any atom is -0.453 e. The Bertz CT molecular complexity index is 306. The zero-order valence-corrected chi connectivity index (χ0v) is 11.7. The molecule has 110 valence electrons. The third kappa shape index (κ3) is 8.01. The van der Waals surface area contributed by atoms with Crippen molar-refractivity contribution in [2.45, 2.75) is 38.6 Å². The molecule has 1 atom stereocenters. The standard InChI is InChI=1S/C12H22N2O5/c1-4-10(15)9(14-12(17)19-3)7-5-6-8-13-11(16)18-2/h9H,4-8H2,1-3H3,(H,13,16)(H,14,17). The van der Waals surface area contributed by atoms with Crippen molar-refractivity contribution < 1.29 is 23.9 Å². The Balaban J connectivity index is 3.96. The summed E-state index contributed by atoms with van der Waals surface area (Å²) in [7, 11) is 2.55. The molecule has 2 amide bonds. The fourth-order valence-electron chi connectivity index (χ4n) is 1.50. The van der Waals surface area contributed by atoms with E-state index in [0.717, 1.165) is 0 Å². The number of amides is 2. The van der Waals surface area contributed by atoms with E-state index in [1.165, 1.54) is 14.2 Å². The van der Waals surface area contributed by atoms with Crippen LogP contribution in [0, 0.1) is 0 Å². The topological polar surface area (TPSA) is 93.7 Å². The quantitative estimate of drug-likeness (QED) is 0.649. The van der Waals surface area contributed by atoms with Gasteiger partial charge in [0.25, 0.3) is 0 Å². The number of alkyl carbamates (subject to hydrolysis) is 2. The van der Waals surface area contributed by atoms with Crippen molar-refractivity contribution in [3.8, 4) is 0 Å². The maximum absolute atomic E-state index is 11.6. The van der Waals surface area contributed by atoms with Gasteiger partial charge in [-0.15, -0.1) is 0 Å². The van der Waals surface area contributed by atoms with Gasteiger partial charge in [-0.25, -0.2) is 9.59 Å². The minimum atomic E-state index is -0.612. The zero-order chi connectivity index (χ0) is 14.7. The molecule has 19 heavy (non-hydrogen) atoms. The maximum Gasteiger partial charge on any atom is 0.407 e. The summed E-state index contributed by atoms with van der Waals surface area (Å²) >= 11 is 0. The van der Waals surface area contributed by atoms with Crippen LogP contribution in [-0.2, 0) is 14.3 Å². The molecule has 7 nitrogen and oxygen atoms in total. The summed E-state index contributed by atoms with van der Waals surface area (Å²) in [5.41, 5.74) is 0. The lowest BCUT2D eigenvalue weighted by Crippen LogP contribution is -2.40. The number of unbranched alkanes of at least 4 members (excludes halogenated alkanes) is 1. The Hall–Kier alpha value is -1.79. The van der Waals surface area contributed by atoms with Crippen molar-refractivity contribution in [1.29, 1.82) is 0 Å². The highest BCUT2D eigenvalue weighted by molar-refractivity contribution is 5.87. The number of nitrogens with one attached hydrogen (secondary N) is 2. The van der Waals surface area contributed by atoms with Crippen LogP contribution < -0.4 is 10.6 Å². The molecule has 2 N–H and O–H groups in total. The molecule has 0 aromatic heterocycles. The highest BCUT2D eigenvalue weighted by Gasteiger charge is 2.18. The lowest BCUT2D eigenvalue weighted by Gasteiger charge is -2.16. The van der Waals surface area contributed by atoms with Crippen LogP contribution in [0.15, 0.2) is 0 Å². The van der Waals surface area contributed by atoms with Crippen molar-refractivity contribution in [3.05, 3.63) is 0 Å². The van der Waals surface area contributed by atoms with Crippen LogP contribution in [-0.4, -0.2) is 44.8 Å². The summed E-state index contributed by atoms with van der Waals surface area (Å²) in [4.78, 5) is 33.5. The van der Waals surface area contributed by atoms with E-state index in [-0.39, 0.29) is 5.78 Å². The number of Topliss-reactive ketones (excluding diaryl/α,β-unsaturated/α-hetero) is 1. The minimum absolute atomic E-state index is 0.0358. The third-order valence-electron chi connectivity index (χ3n) is 2.59. The summed E-state index contributed by atoms with van der Waals surface area (Å²) < 4.78 is 8.90. The van der Waals surface area contributed by atoms with Crippen LogP contribution in [0.3, 0.4) is 0 Å². The zero-order valence-electron chi connectivity index (χ0n) is 11.7. The lowest BCUT2D eigenvalue weighted by atomic mass is 10.0. The van der Waals surface area contributed by atoms with E-state index >= 15 is 0 Å². The van der Waals surface area contributed by atoms with E-state index in [0.29, 0.717) is 32.2 Å². The van der Waals surface area contributed by atoms with Crippen molar-refractivity contribution >= 4 is 18.0 Å². The second-order valence-corrected chi connectivity index (χ2v) is 3.92. The molecule has 0 aromatic carbocycles. The largest absolute Gasteiger partial charge is 0.453 e.